The van der Waals surface area contributed by atoms with Crippen LogP contribution in [0.3, 0.4) is 0 Å². The fraction of sp³-hybridized carbons (Fsp3) is 0.600. The van der Waals surface area contributed by atoms with E-state index < -0.39 is 0 Å². The summed E-state index contributed by atoms with van der Waals surface area (Å²) in [7, 11) is 0. The Kier molecular flexibility index (Phi) is 5.02. The Hall–Kier alpha value is -1.06. The first-order chi connectivity index (χ1) is 8.79. The van der Waals surface area contributed by atoms with Gasteiger partial charge in [0.05, 0.1) is 19.8 Å². The van der Waals surface area contributed by atoms with Crippen LogP contribution in [-0.2, 0) is 11.2 Å². The number of nitrogens with one attached hydrogen (secondary N) is 1. The lowest BCUT2D eigenvalue weighted by Crippen LogP contribution is -2.47. The van der Waals surface area contributed by atoms with Crippen molar-refractivity contribution in [2.24, 2.45) is 0 Å². The highest BCUT2D eigenvalue weighted by Gasteiger charge is 2.18. The molecule has 2 atom stereocenters. The van der Waals surface area contributed by atoms with Crippen molar-refractivity contribution in [1.29, 1.82) is 0 Å². The molecule has 3 nitrogen and oxygen atoms in total. The van der Waals surface area contributed by atoms with E-state index in [1.54, 1.807) is 0 Å². The number of hydrogen-bond donors (Lipinski definition) is 1. The fourth-order valence-corrected chi connectivity index (χ4v) is 2.39. The molecule has 0 aliphatic carbocycles. The molecule has 1 aromatic rings. The molecule has 100 valence electrons. The molecular weight excluding hydrogens is 226 g/mol. The quantitative estimate of drug-likeness (QED) is 0.869. The van der Waals surface area contributed by atoms with Crippen LogP contribution in [0, 0.1) is 0 Å². The number of aryl methyl sites for hydroxylation is 1. The second kappa shape index (κ2) is 6.76. The molecule has 2 rings (SSSR count). The molecular formula is C15H23NO2. The standard InChI is InChI=1S/C15H23NO2/c1-3-18-15-7-5-4-6-13(15)8-9-14-11-17-10-12(2)16-14/h4-7,12,14,16H,3,8-11H2,1-2H3. The zero-order chi connectivity index (χ0) is 12.8. The number of hydrogen-bond acceptors (Lipinski definition) is 3. The lowest BCUT2D eigenvalue weighted by atomic mass is 10.0. The van der Waals surface area contributed by atoms with Crippen LogP contribution >= 0.6 is 0 Å². The average Bonchev–Trinajstić information content (AvgIpc) is 2.38. The van der Waals surface area contributed by atoms with Crippen LogP contribution in [0.1, 0.15) is 25.8 Å². The molecule has 0 aromatic heterocycles. The van der Waals surface area contributed by atoms with Crippen molar-refractivity contribution in [2.45, 2.75) is 38.8 Å². The molecule has 1 aliphatic heterocycles. The molecule has 0 spiro atoms. The van der Waals surface area contributed by atoms with Crippen LogP contribution in [0.5, 0.6) is 5.75 Å². The van der Waals surface area contributed by atoms with Crippen LogP contribution in [0.4, 0.5) is 0 Å². The van der Waals surface area contributed by atoms with Crippen molar-refractivity contribution in [3.05, 3.63) is 29.8 Å². The second-order valence-corrected chi connectivity index (χ2v) is 4.88. The molecule has 1 aliphatic rings. The lowest BCUT2D eigenvalue weighted by Gasteiger charge is -2.29. The average molecular weight is 249 g/mol. The minimum Gasteiger partial charge on any atom is -0.494 e. The summed E-state index contributed by atoms with van der Waals surface area (Å²) in [6.45, 7) is 6.56. The van der Waals surface area contributed by atoms with E-state index in [-0.39, 0.29) is 0 Å². The monoisotopic (exact) mass is 249 g/mol. The molecule has 18 heavy (non-hydrogen) atoms. The molecule has 1 heterocycles. The van der Waals surface area contributed by atoms with Crippen molar-refractivity contribution < 1.29 is 9.47 Å². The molecule has 2 unspecified atom stereocenters. The van der Waals surface area contributed by atoms with E-state index in [1.807, 2.05) is 19.1 Å². The van der Waals surface area contributed by atoms with Gasteiger partial charge in [-0.1, -0.05) is 18.2 Å². The van der Waals surface area contributed by atoms with Crippen LogP contribution in [-0.4, -0.2) is 31.9 Å². The maximum atomic E-state index is 5.65. The van der Waals surface area contributed by atoms with E-state index in [2.05, 4.69) is 24.4 Å². The Balaban J connectivity index is 1.89. The molecule has 0 amide bonds. The van der Waals surface area contributed by atoms with E-state index >= 15 is 0 Å². The minimum absolute atomic E-state index is 0.462. The van der Waals surface area contributed by atoms with Crippen LogP contribution < -0.4 is 10.1 Å². The van der Waals surface area contributed by atoms with Gasteiger partial charge in [-0.05, 0) is 38.3 Å². The molecule has 1 fully saturated rings. The van der Waals surface area contributed by atoms with Crippen molar-refractivity contribution in [3.8, 4) is 5.75 Å². The first kappa shape index (κ1) is 13.4. The molecule has 3 heteroatoms. The van der Waals surface area contributed by atoms with Gasteiger partial charge in [-0.2, -0.15) is 0 Å². The van der Waals surface area contributed by atoms with Gasteiger partial charge >= 0.3 is 0 Å². The highest BCUT2D eigenvalue weighted by Crippen LogP contribution is 2.20. The summed E-state index contributed by atoms with van der Waals surface area (Å²) in [5.74, 6) is 1.02. The maximum Gasteiger partial charge on any atom is 0.122 e. The van der Waals surface area contributed by atoms with Gasteiger partial charge in [0.2, 0.25) is 0 Å². The molecule has 0 bridgehead atoms. The van der Waals surface area contributed by atoms with Gasteiger partial charge in [-0.15, -0.1) is 0 Å². The Morgan fingerprint density at radius 1 is 1.33 bits per heavy atom. The normalized spacial score (nSPS) is 23.9. The topological polar surface area (TPSA) is 30.5 Å². The van der Waals surface area contributed by atoms with Crippen LogP contribution in [0.25, 0.3) is 0 Å². The van der Waals surface area contributed by atoms with E-state index in [0.717, 1.165) is 38.4 Å². The summed E-state index contributed by atoms with van der Waals surface area (Å²) in [5.41, 5.74) is 1.29. The number of para-hydroxylation sites is 1. The molecule has 1 saturated heterocycles. The molecule has 0 saturated carbocycles. The number of ether oxygens (including phenoxy) is 2. The third kappa shape index (κ3) is 3.72. The van der Waals surface area contributed by atoms with Gasteiger partial charge in [-0.3, -0.25) is 0 Å². The first-order valence-electron chi connectivity index (χ1n) is 6.84. The predicted molar refractivity (Wildman–Crippen MR) is 73.1 cm³/mol. The summed E-state index contributed by atoms with van der Waals surface area (Å²) in [6, 6.07) is 9.23. The van der Waals surface area contributed by atoms with Gasteiger partial charge in [0.15, 0.2) is 0 Å². The van der Waals surface area contributed by atoms with Crippen LogP contribution in [0.2, 0.25) is 0 Å². The maximum absolute atomic E-state index is 5.65. The van der Waals surface area contributed by atoms with Gasteiger partial charge in [0.1, 0.15) is 5.75 Å². The SMILES string of the molecule is CCOc1ccccc1CCC1COCC(C)N1. The Bertz CT molecular complexity index is 367. The highest BCUT2D eigenvalue weighted by atomic mass is 16.5. The van der Waals surface area contributed by atoms with E-state index in [1.165, 1.54) is 5.56 Å². The van der Waals surface area contributed by atoms with E-state index in [9.17, 15) is 0 Å². The summed E-state index contributed by atoms with van der Waals surface area (Å²) in [4.78, 5) is 0. The van der Waals surface area contributed by atoms with Gasteiger partial charge in [0.25, 0.3) is 0 Å². The summed E-state index contributed by atoms with van der Waals surface area (Å²) in [6.07, 6.45) is 2.12. The number of rotatable bonds is 5. The molecule has 1 N–H and O–H groups in total. The Morgan fingerprint density at radius 2 is 2.17 bits per heavy atom. The lowest BCUT2D eigenvalue weighted by molar-refractivity contribution is 0.0483. The van der Waals surface area contributed by atoms with Gasteiger partial charge < -0.3 is 14.8 Å². The Labute approximate surface area is 109 Å². The van der Waals surface area contributed by atoms with E-state index in [4.69, 9.17) is 9.47 Å². The van der Waals surface area contributed by atoms with Gasteiger partial charge in [-0.25, -0.2) is 0 Å². The highest BCUT2D eigenvalue weighted by molar-refractivity contribution is 5.33. The first-order valence-corrected chi connectivity index (χ1v) is 6.84. The van der Waals surface area contributed by atoms with Crippen molar-refractivity contribution in [3.63, 3.8) is 0 Å². The summed E-state index contributed by atoms with van der Waals surface area (Å²) < 4.78 is 11.2. The number of benzene rings is 1. The fourth-order valence-electron chi connectivity index (χ4n) is 2.39. The van der Waals surface area contributed by atoms with Crippen molar-refractivity contribution in [2.75, 3.05) is 19.8 Å². The largest absolute Gasteiger partial charge is 0.494 e. The molecule has 0 radical (unpaired) electrons. The van der Waals surface area contributed by atoms with E-state index in [0.29, 0.717) is 12.1 Å². The third-order valence-corrected chi connectivity index (χ3v) is 3.24. The number of morpholine rings is 1. The van der Waals surface area contributed by atoms with Gasteiger partial charge in [0, 0.05) is 12.1 Å². The second-order valence-electron chi connectivity index (χ2n) is 4.88. The van der Waals surface area contributed by atoms with Crippen LogP contribution in [0.15, 0.2) is 24.3 Å². The predicted octanol–water partition coefficient (Wildman–Crippen LogP) is 2.39. The zero-order valence-electron chi connectivity index (χ0n) is 11.3. The van der Waals surface area contributed by atoms with Crippen molar-refractivity contribution >= 4 is 0 Å². The minimum atomic E-state index is 0.462. The van der Waals surface area contributed by atoms with Crippen molar-refractivity contribution in [1.82, 2.24) is 5.32 Å². The summed E-state index contributed by atoms with van der Waals surface area (Å²) in [5, 5.41) is 3.57. The third-order valence-electron chi connectivity index (χ3n) is 3.24. The molecule has 1 aromatic carbocycles. The summed E-state index contributed by atoms with van der Waals surface area (Å²) >= 11 is 0. The zero-order valence-corrected chi connectivity index (χ0v) is 11.3. The smallest absolute Gasteiger partial charge is 0.122 e. The Morgan fingerprint density at radius 3 is 2.94 bits per heavy atom.